The number of rotatable bonds is 0. The molecule has 1 aliphatic heterocycles. The number of hydrogen-bond donors (Lipinski definition) is 0. The van der Waals surface area contributed by atoms with E-state index in [-0.39, 0.29) is 0 Å². The van der Waals surface area contributed by atoms with Crippen LogP contribution in [0.25, 0.3) is 0 Å². The van der Waals surface area contributed by atoms with E-state index in [0.29, 0.717) is 0 Å². The van der Waals surface area contributed by atoms with Crippen molar-refractivity contribution in [2.45, 2.75) is 0 Å². The molecule has 0 spiro atoms. The Morgan fingerprint density at radius 3 is 3.25 bits per heavy atom. The fourth-order valence-electron chi connectivity index (χ4n) is 0.402. The molecule has 0 aromatic heterocycles. The van der Waals surface area contributed by atoms with Crippen molar-refractivity contribution in [1.29, 1.82) is 0 Å². The molecular formula is C7H6N. The Bertz CT molecular complexity index is 105. The summed E-state index contributed by atoms with van der Waals surface area (Å²) in [5.41, 5.74) is 0. The second kappa shape index (κ2) is 2.97. The maximum absolute atomic E-state index is 3.87. The first-order valence-electron chi connectivity index (χ1n) is 2.43. The Morgan fingerprint density at radius 1 is 1.25 bits per heavy atom. The van der Waals surface area contributed by atoms with Gasteiger partial charge in [0.25, 0.3) is 0 Å². The number of aliphatic imine (C=N–C) groups is 1. The van der Waals surface area contributed by atoms with E-state index in [2.05, 4.69) is 11.1 Å². The van der Waals surface area contributed by atoms with Crippen molar-refractivity contribution >= 4 is 6.21 Å². The molecule has 0 atom stereocenters. The molecule has 0 saturated heterocycles. The molecule has 1 nitrogen and oxygen atoms in total. The van der Waals surface area contributed by atoms with Crippen molar-refractivity contribution in [3.63, 3.8) is 0 Å². The van der Waals surface area contributed by atoms with E-state index >= 15 is 0 Å². The van der Waals surface area contributed by atoms with Crippen molar-refractivity contribution in [1.82, 2.24) is 0 Å². The normalized spacial score (nSPS) is 32.0. The van der Waals surface area contributed by atoms with Gasteiger partial charge in [0, 0.05) is 12.4 Å². The van der Waals surface area contributed by atoms with Crippen molar-refractivity contribution in [3.05, 3.63) is 36.6 Å². The van der Waals surface area contributed by atoms with Crippen LogP contribution in [0.3, 0.4) is 0 Å². The average molecular weight is 104 g/mol. The summed E-state index contributed by atoms with van der Waals surface area (Å²) in [7, 11) is 0. The van der Waals surface area contributed by atoms with Gasteiger partial charge >= 0.3 is 0 Å². The van der Waals surface area contributed by atoms with Gasteiger partial charge in [-0.2, -0.15) is 0 Å². The Kier molecular flexibility index (Phi) is 1.87. The standard InChI is InChI=1S/C7H6N/c1-2-4-6-8-7-5-3-1/h2-7H/b2-1?,3-1?,4-2-,5-3?,6-4?,7-5-,8-6-,8-7?. The SMILES string of the molecule is [C]1=C\C=C/N=C\C=C/1. The molecule has 0 bridgehead atoms. The van der Waals surface area contributed by atoms with Crippen LogP contribution in [0, 0.1) is 6.08 Å². The topological polar surface area (TPSA) is 12.4 Å². The summed E-state index contributed by atoms with van der Waals surface area (Å²) in [4.78, 5) is 3.87. The molecule has 1 radical (unpaired) electrons. The lowest BCUT2D eigenvalue weighted by molar-refractivity contribution is 1.58. The summed E-state index contributed by atoms with van der Waals surface area (Å²) >= 11 is 0. The molecule has 39 valence electrons. The third-order valence-electron chi connectivity index (χ3n) is 0.729. The van der Waals surface area contributed by atoms with Gasteiger partial charge < -0.3 is 0 Å². The minimum Gasteiger partial charge on any atom is -0.265 e. The zero-order chi connectivity index (χ0) is 5.66. The van der Waals surface area contributed by atoms with Crippen molar-refractivity contribution in [3.8, 4) is 0 Å². The van der Waals surface area contributed by atoms with Crippen LogP contribution < -0.4 is 0 Å². The van der Waals surface area contributed by atoms with Gasteiger partial charge in [-0.05, 0) is 18.2 Å². The molecule has 1 rings (SSSR count). The summed E-state index contributed by atoms with van der Waals surface area (Å²) in [6, 6.07) is 0. The minimum absolute atomic E-state index is 1.72. The molecule has 8 heavy (non-hydrogen) atoms. The van der Waals surface area contributed by atoms with Crippen molar-refractivity contribution < 1.29 is 0 Å². The van der Waals surface area contributed by atoms with Gasteiger partial charge in [-0.3, -0.25) is 4.99 Å². The number of nitrogens with zero attached hydrogens (tertiary/aromatic N) is 1. The maximum atomic E-state index is 3.87. The van der Waals surface area contributed by atoms with E-state index in [1.807, 2.05) is 24.3 Å². The molecular weight excluding hydrogens is 98.1 g/mol. The fraction of sp³-hybridized carbons (Fsp3) is 0. The highest BCUT2D eigenvalue weighted by Crippen LogP contribution is 1.82. The van der Waals surface area contributed by atoms with Gasteiger partial charge in [0.1, 0.15) is 0 Å². The number of hydrogen-bond acceptors (Lipinski definition) is 1. The van der Waals surface area contributed by atoms with Gasteiger partial charge in [0.15, 0.2) is 0 Å². The smallest absolute Gasteiger partial charge is 0.0267 e. The highest BCUT2D eigenvalue weighted by atomic mass is 14.6. The maximum Gasteiger partial charge on any atom is 0.0267 e. The van der Waals surface area contributed by atoms with E-state index < -0.39 is 0 Å². The Morgan fingerprint density at radius 2 is 2.25 bits per heavy atom. The summed E-state index contributed by atoms with van der Waals surface area (Å²) in [5, 5.41) is 0. The van der Waals surface area contributed by atoms with Gasteiger partial charge in [0.05, 0.1) is 0 Å². The molecule has 0 aromatic carbocycles. The first kappa shape index (κ1) is 5.04. The lowest BCUT2D eigenvalue weighted by Crippen LogP contribution is -1.63. The summed E-state index contributed by atoms with van der Waals surface area (Å²) in [6.45, 7) is 0. The van der Waals surface area contributed by atoms with E-state index in [4.69, 9.17) is 0 Å². The number of allylic oxidation sites excluding steroid dienone is 5. The largest absolute Gasteiger partial charge is 0.265 e. The molecule has 0 aromatic rings. The van der Waals surface area contributed by atoms with Gasteiger partial charge in [-0.25, -0.2) is 0 Å². The van der Waals surface area contributed by atoms with Gasteiger partial charge in [-0.1, -0.05) is 12.2 Å². The van der Waals surface area contributed by atoms with E-state index in [9.17, 15) is 0 Å². The zero-order valence-corrected chi connectivity index (χ0v) is 4.41. The highest BCUT2D eigenvalue weighted by Gasteiger charge is 1.66. The van der Waals surface area contributed by atoms with Crippen molar-refractivity contribution in [2.75, 3.05) is 0 Å². The molecule has 0 fully saturated rings. The van der Waals surface area contributed by atoms with Crippen LogP contribution in [0.15, 0.2) is 35.5 Å². The fourth-order valence-corrected chi connectivity index (χ4v) is 0.402. The second-order valence-corrected chi connectivity index (χ2v) is 1.33. The molecule has 1 heteroatoms. The second-order valence-electron chi connectivity index (χ2n) is 1.33. The summed E-state index contributed by atoms with van der Waals surface area (Å²) in [5.74, 6) is 0. The van der Waals surface area contributed by atoms with E-state index in [0.717, 1.165) is 0 Å². The van der Waals surface area contributed by atoms with Crippen LogP contribution in [0.2, 0.25) is 0 Å². The van der Waals surface area contributed by atoms with Gasteiger partial charge in [0.2, 0.25) is 0 Å². The third kappa shape index (κ3) is 1.56. The van der Waals surface area contributed by atoms with Crippen LogP contribution in [0.1, 0.15) is 0 Å². The Hall–Kier alpha value is -1.11. The molecule has 0 saturated carbocycles. The summed E-state index contributed by atoms with van der Waals surface area (Å²) < 4.78 is 0. The minimum atomic E-state index is 1.72. The van der Waals surface area contributed by atoms with Crippen LogP contribution in [-0.2, 0) is 0 Å². The monoisotopic (exact) mass is 104 g/mol. The Labute approximate surface area is 48.7 Å². The average Bonchev–Trinajstić information content (AvgIpc) is 1.62. The quantitative estimate of drug-likeness (QED) is 0.441. The molecule has 0 aliphatic carbocycles. The first-order chi connectivity index (χ1) is 4.00. The van der Waals surface area contributed by atoms with Crippen LogP contribution in [-0.4, -0.2) is 6.21 Å². The van der Waals surface area contributed by atoms with Crippen LogP contribution in [0.5, 0.6) is 0 Å². The Balaban J connectivity index is 2.67. The van der Waals surface area contributed by atoms with E-state index in [1.165, 1.54) is 0 Å². The lowest BCUT2D eigenvalue weighted by Gasteiger charge is -1.76. The predicted molar refractivity (Wildman–Crippen MR) is 34.6 cm³/mol. The lowest BCUT2D eigenvalue weighted by atomic mass is 10.4. The van der Waals surface area contributed by atoms with Crippen LogP contribution in [0.4, 0.5) is 0 Å². The third-order valence-corrected chi connectivity index (χ3v) is 0.729. The van der Waals surface area contributed by atoms with Gasteiger partial charge in [-0.15, -0.1) is 0 Å². The van der Waals surface area contributed by atoms with Crippen molar-refractivity contribution in [2.24, 2.45) is 4.99 Å². The van der Waals surface area contributed by atoms with Crippen LogP contribution >= 0.6 is 0 Å². The summed E-state index contributed by atoms with van der Waals surface area (Å²) in [6.07, 6.45) is 13.6. The van der Waals surface area contributed by atoms with E-state index in [1.54, 1.807) is 12.4 Å². The molecule has 1 heterocycles. The zero-order valence-electron chi connectivity index (χ0n) is 4.41. The highest BCUT2D eigenvalue weighted by molar-refractivity contribution is 5.72. The predicted octanol–water partition coefficient (Wildman–Crippen LogP) is 1.50. The molecule has 0 unspecified atom stereocenters. The molecule has 0 amide bonds. The molecule has 1 aliphatic rings. The molecule has 0 N–H and O–H groups in total. The first-order valence-corrected chi connectivity index (χ1v) is 2.43.